The molecule has 0 aliphatic heterocycles. The summed E-state index contributed by atoms with van der Waals surface area (Å²) in [5, 5.41) is 57.6. The van der Waals surface area contributed by atoms with E-state index in [0.717, 1.165) is 30.0 Å². The van der Waals surface area contributed by atoms with Gasteiger partial charge in [0.15, 0.2) is 0 Å². The zero-order valence-corrected chi connectivity index (χ0v) is 25.4. The molecular formula is C6Cl2CoK3N6Zn. The predicted molar refractivity (Wildman–Crippen MR) is 33.7 cm³/mol. The first-order valence-corrected chi connectivity index (χ1v) is 5.46. The molecule has 0 N–H and O–H groups in total. The molecule has 0 saturated carbocycles. The minimum absolute atomic E-state index is 0. The van der Waals surface area contributed by atoms with Crippen molar-refractivity contribution >= 4 is 0 Å². The van der Waals surface area contributed by atoms with Gasteiger partial charge in [0.2, 0.25) is 0 Å². The van der Waals surface area contributed by atoms with Gasteiger partial charge in [-0.05, 0) is 0 Å². The van der Waals surface area contributed by atoms with Gasteiger partial charge in [0, 0.05) is 0 Å². The predicted octanol–water partition coefficient (Wildman–Crippen LogP) is -14.9. The summed E-state index contributed by atoms with van der Waals surface area (Å²) < 4.78 is 0. The van der Waals surface area contributed by atoms with Crippen molar-refractivity contribution in [1.29, 1.82) is 31.6 Å². The van der Waals surface area contributed by atoms with Gasteiger partial charge in [-0.3, -0.25) is 0 Å². The molecule has 19 heavy (non-hydrogen) atoms. The van der Waals surface area contributed by atoms with Gasteiger partial charge in [-0.1, -0.05) is 0 Å². The first-order chi connectivity index (χ1) is 5.97. The van der Waals surface area contributed by atoms with Gasteiger partial charge in [-0.25, -0.2) is 0 Å². The van der Waals surface area contributed by atoms with E-state index in [0.29, 0.717) is 0 Å². The molecule has 0 bridgehead atoms. The second-order valence-corrected chi connectivity index (χ2v) is 7.00. The molecule has 0 saturated heterocycles. The van der Waals surface area contributed by atoms with Gasteiger partial charge in [0.1, 0.15) is 0 Å². The van der Waals surface area contributed by atoms with Crippen molar-refractivity contribution in [2.45, 2.75) is 0 Å². The average molecular weight is 469 g/mol. The molecule has 0 aromatic carbocycles. The van der Waals surface area contributed by atoms with Crippen LogP contribution in [0.2, 0.25) is 0 Å². The molecule has 0 aromatic heterocycles. The molecule has 13 heteroatoms. The summed E-state index contributed by atoms with van der Waals surface area (Å²) in [5.41, 5.74) is 0. The SMILES string of the molecule is N#[C][Co-3]([C]#N)([C]#N)([C]#N)([C]#N)[C]#N.[Cl-].[Cl-].[K+].[K+].[K+].[Zn+2]. The van der Waals surface area contributed by atoms with E-state index in [4.69, 9.17) is 31.6 Å². The van der Waals surface area contributed by atoms with E-state index in [2.05, 4.69) is 0 Å². The summed E-state index contributed by atoms with van der Waals surface area (Å²) in [6.07, 6.45) is 0. The molecule has 0 aliphatic rings. The van der Waals surface area contributed by atoms with Crippen LogP contribution in [0.5, 0.6) is 0 Å². The Kier molecular flexibility index (Phi) is 34.4. The summed E-state index contributed by atoms with van der Waals surface area (Å²) in [5.74, 6) is 0. The minimum atomic E-state index is -6.03. The van der Waals surface area contributed by atoms with E-state index >= 15 is 0 Å². The van der Waals surface area contributed by atoms with Gasteiger partial charge >= 0.3 is 246 Å². The molecule has 6 nitrogen and oxygen atoms in total. The first-order valence-electron chi connectivity index (χ1n) is 2.34. The number of hydrogen-bond acceptors (Lipinski definition) is 6. The van der Waals surface area contributed by atoms with E-state index in [1.54, 1.807) is 0 Å². The Morgan fingerprint density at radius 1 is 0.474 bits per heavy atom. The standard InChI is InChI=1S/6CN.2ClH.Co.3K.Zn/c6*1-2;;;;;;;/h;;;;;;2*1H;;;;;/q;;;;;;;;-3;3*+1;+2/p-2. The van der Waals surface area contributed by atoms with Crippen LogP contribution in [0.4, 0.5) is 0 Å². The van der Waals surface area contributed by atoms with E-state index in [1.807, 2.05) is 0 Å². The Hall–Kier alpha value is 3.56. The van der Waals surface area contributed by atoms with Gasteiger partial charge in [0.25, 0.3) is 0 Å². The topological polar surface area (TPSA) is 143 Å². The molecule has 0 spiro atoms. The van der Waals surface area contributed by atoms with E-state index in [-0.39, 0.29) is 198 Å². The van der Waals surface area contributed by atoms with Crippen molar-refractivity contribution in [2.24, 2.45) is 0 Å². The fourth-order valence-corrected chi connectivity index (χ4v) is 1.03. The Morgan fingerprint density at radius 2 is 0.579 bits per heavy atom. The van der Waals surface area contributed by atoms with Gasteiger partial charge in [-0.2, -0.15) is 0 Å². The molecule has 0 heterocycles. The van der Waals surface area contributed by atoms with Crippen LogP contribution in [-0.2, 0) is 30.0 Å². The van der Waals surface area contributed by atoms with Crippen molar-refractivity contribution in [3.8, 4) is 30.0 Å². The first kappa shape index (κ1) is 43.3. The Morgan fingerprint density at radius 3 is 0.579 bits per heavy atom. The maximum atomic E-state index is 8.58. The largest absolute Gasteiger partial charge is 2.00 e. The maximum absolute atomic E-state index is 8.58. The van der Waals surface area contributed by atoms with Crippen LogP contribution in [0.25, 0.3) is 0 Å². The number of nitrogens with zero attached hydrogens (tertiary/aromatic N) is 6. The van der Waals surface area contributed by atoms with Crippen LogP contribution < -0.4 is 179 Å². The summed E-state index contributed by atoms with van der Waals surface area (Å²) >= 11 is 0. The fraction of sp³-hybridized carbons (Fsp3) is 0. The maximum Gasteiger partial charge on any atom is 2.00 e. The molecular weight excluding hydrogens is 469 g/mol. The molecule has 82 valence electrons. The summed E-state index contributed by atoms with van der Waals surface area (Å²) in [6, 6.07) is 0. The summed E-state index contributed by atoms with van der Waals surface area (Å²) in [4.78, 5) is 0. The third-order valence-corrected chi connectivity index (χ3v) is 4.61. The quantitative estimate of drug-likeness (QED) is 0.323. The van der Waals surface area contributed by atoms with Crippen LogP contribution in [-0.4, -0.2) is 0 Å². The summed E-state index contributed by atoms with van der Waals surface area (Å²) in [7, 11) is -6.03. The Bertz CT molecular complexity index is 413. The number of nitriles is 6. The molecule has 0 fully saturated rings. The average Bonchev–Trinajstić information content (AvgIpc) is 2.26. The smallest absolute Gasteiger partial charge is 1.00 e. The molecule has 0 amide bonds. The van der Waals surface area contributed by atoms with Crippen molar-refractivity contribution in [3.05, 3.63) is 0 Å². The fourth-order valence-electron chi connectivity index (χ4n) is 0.250. The molecule has 0 rings (SSSR count). The minimum Gasteiger partial charge on any atom is -1.00 e. The zero-order chi connectivity index (χ0) is 10.7. The monoisotopic (exact) mass is 466 g/mol. The van der Waals surface area contributed by atoms with Crippen molar-refractivity contribution < 1.29 is 209 Å². The van der Waals surface area contributed by atoms with Crippen LogP contribution >= 0.6 is 0 Å². The van der Waals surface area contributed by atoms with Crippen molar-refractivity contribution in [3.63, 3.8) is 0 Å². The molecule has 0 aliphatic carbocycles. The van der Waals surface area contributed by atoms with E-state index in [9.17, 15) is 0 Å². The zero-order valence-electron chi connectivity index (χ0n) is 10.5. The number of hydrogen-bond donors (Lipinski definition) is 0. The van der Waals surface area contributed by atoms with Gasteiger partial charge in [0.05, 0.1) is 0 Å². The van der Waals surface area contributed by atoms with Crippen molar-refractivity contribution in [1.82, 2.24) is 0 Å². The second kappa shape index (κ2) is 15.1. The van der Waals surface area contributed by atoms with Crippen LogP contribution in [0.3, 0.4) is 0 Å². The normalized spacial score (nSPS) is 9.16. The van der Waals surface area contributed by atoms with Crippen LogP contribution in [0.15, 0.2) is 0 Å². The molecule has 0 unspecified atom stereocenters. The van der Waals surface area contributed by atoms with E-state index in [1.165, 1.54) is 0 Å². The van der Waals surface area contributed by atoms with E-state index < -0.39 is 10.5 Å². The Balaban J connectivity index is -0.0000000480. The molecule has 0 aromatic rings. The number of halogens is 2. The van der Waals surface area contributed by atoms with Crippen molar-refractivity contribution in [2.75, 3.05) is 0 Å². The third kappa shape index (κ3) is 7.32. The third-order valence-electron chi connectivity index (χ3n) is 1.12. The second-order valence-electron chi connectivity index (χ2n) is 1.70. The van der Waals surface area contributed by atoms with Gasteiger partial charge in [-0.15, -0.1) is 0 Å². The molecule has 0 radical (unpaired) electrons. The van der Waals surface area contributed by atoms with Gasteiger partial charge < -0.3 is 24.8 Å². The number of rotatable bonds is 0. The molecule has 0 atom stereocenters. The van der Waals surface area contributed by atoms with Crippen LogP contribution in [0, 0.1) is 61.6 Å². The van der Waals surface area contributed by atoms with Crippen LogP contribution in [0.1, 0.15) is 0 Å². The summed E-state index contributed by atoms with van der Waals surface area (Å²) in [6.45, 7) is 0. The Labute approximate surface area is 263 Å².